The number of nitrogens with one attached hydrogen (secondary N) is 1. The van der Waals surface area contributed by atoms with Crippen LogP contribution in [-0.2, 0) is 18.3 Å². The molecule has 4 rings (SSSR count). The first-order chi connectivity index (χ1) is 17.4. The van der Waals surface area contributed by atoms with E-state index in [0.717, 1.165) is 5.56 Å². The predicted octanol–water partition coefficient (Wildman–Crippen LogP) is 3.06. The van der Waals surface area contributed by atoms with E-state index in [-0.39, 0.29) is 23.8 Å². The summed E-state index contributed by atoms with van der Waals surface area (Å²) in [5.41, 5.74) is 8.94. The number of nitrogen functional groups attached to an aromatic ring is 1. The Kier molecular flexibility index (Phi) is 7.50. The van der Waals surface area contributed by atoms with E-state index in [1.807, 2.05) is 18.2 Å². The van der Waals surface area contributed by atoms with Gasteiger partial charge in [0.15, 0.2) is 5.78 Å². The zero-order valence-electron chi connectivity index (χ0n) is 19.7. The molecule has 0 aliphatic heterocycles. The second-order valence-corrected chi connectivity index (χ2v) is 8.37. The molecule has 2 aromatic heterocycles. The van der Waals surface area contributed by atoms with E-state index in [9.17, 15) is 19.1 Å². The molecule has 0 saturated carbocycles. The average Bonchev–Trinajstić information content (AvgIpc) is 2.90. The number of carbonyl (C=O) groups is 1. The van der Waals surface area contributed by atoms with Crippen molar-refractivity contribution in [2.75, 3.05) is 24.2 Å². The van der Waals surface area contributed by atoms with Crippen molar-refractivity contribution in [1.82, 2.24) is 14.5 Å². The highest BCUT2D eigenvalue weighted by Crippen LogP contribution is 2.29. The maximum atomic E-state index is 13.6. The Morgan fingerprint density at radius 2 is 1.78 bits per heavy atom. The Morgan fingerprint density at radius 3 is 2.44 bits per heavy atom. The number of hydrogen-bond acceptors (Lipinski definition) is 7. The van der Waals surface area contributed by atoms with Crippen LogP contribution in [-0.4, -0.2) is 38.6 Å². The molecule has 0 saturated heterocycles. The molecule has 0 spiro atoms. The zero-order valence-corrected chi connectivity index (χ0v) is 19.7. The maximum Gasteiger partial charge on any atom is 0.263 e. The second kappa shape index (κ2) is 10.9. The van der Waals surface area contributed by atoms with Gasteiger partial charge in [-0.05, 0) is 47.9 Å². The van der Waals surface area contributed by atoms with Crippen molar-refractivity contribution in [2.24, 2.45) is 13.0 Å². The number of anilines is 2. The second-order valence-electron chi connectivity index (χ2n) is 8.37. The summed E-state index contributed by atoms with van der Waals surface area (Å²) in [6, 6.07) is 16.3. The number of benzene rings is 2. The number of halogens is 1. The lowest BCUT2D eigenvalue weighted by atomic mass is 9.94. The van der Waals surface area contributed by atoms with Crippen molar-refractivity contribution in [2.45, 2.75) is 6.42 Å². The van der Waals surface area contributed by atoms with Crippen LogP contribution >= 0.6 is 0 Å². The summed E-state index contributed by atoms with van der Waals surface area (Å²) < 4.78 is 14.9. The van der Waals surface area contributed by atoms with Gasteiger partial charge < -0.3 is 16.2 Å². The summed E-state index contributed by atoms with van der Waals surface area (Å²) in [6.07, 6.45) is 3.50. The maximum absolute atomic E-state index is 13.6. The highest BCUT2D eigenvalue weighted by atomic mass is 19.1. The molecule has 36 heavy (non-hydrogen) atoms. The van der Waals surface area contributed by atoms with Gasteiger partial charge in [-0.3, -0.25) is 19.1 Å². The molecule has 0 bridgehead atoms. The minimum atomic E-state index is -0.614. The fourth-order valence-corrected chi connectivity index (χ4v) is 3.98. The van der Waals surface area contributed by atoms with E-state index in [1.165, 1.54) is 28.8 Å². The van der Waals surface area contributed by atoms with Gasteiger partial charge in [-0.1, -0.05) is 30.3 Å². The zero-order chi connectivity index (χ0) is 25.7. The molecule has 1 atom stereocenters. The summed E-state index contributed by atoms with van der Waals surface area (Å²) in [4.78, 5) is 34.7. The third kappa shape index (κ3) is 5.31. The lowest BCUT2D eigenvalue weighted by Crippen LogP contribution is -2.31. The topological polar surface area (TPSA) is 123 Å². The van der Waals surface area contributed by atoms with E-state index in [0.29, 0.717) is 34.5 Å². The van der Waals surface area contributed by atoms with Crippen LogP contribution < -0.4 is 16.6 Å². The normalized spacial score (nSPS) is 11.8. The molecular weight excluding hydrogens is 461 g/mol. The van der Waals surface area contributed by atoms with E-state index in [4.69, 9.17) is 10.7 Å². The van der Waals surface area contributed by atoms with Crippen LogP contribution in [0.15, 0.2) is 77.9 Å². The summed E-state index contributed by atoms with van der Waals surface area (Å²) >= 11 is 0. The minimum absolute atomic E-state index is 0.125. The lowest BCUT2D eigenvalue weighted by molar-refractivity contribution is -0.125. The van der Waals surface area contributed by atoms with Crippen LogP contribution in [0, 0.1) is 11.7 Å². The fraction of sp³-hybridized carbons (Fsp3) is 0.185. The van der Waals surface area contributed by atoms with Crippen LogP contribution in [0.1, 0.15) is 5.56 Å². The van der Waals surface area contributed by atoms with Gasteiger partial charge in [0.1, 0.15) is 12.4 Å². The third-order valence-electron chi connectivity index (χ3n) is 6.02. The van der Waals surface area contributed by atoms with Crippen molar-refractivity contribution in [3.05, 3.63) is 94.8 Å². The molecule has 4 N–H and O–H groups in total. The van der Waals surface area contributed by atoms with E-state index in [1.54, 1.807) is 37.6 Å². The Labute approximate surface area is 207 Å². The van der Waals surface area contributed by atoms with Gasteiger partial charge >= 0.3 is 0 Å². The van der Waals surface area contributed by atoms with Crippen molar-refractivity contribution < 1.29 is 14.3 Å². The molecule has 8 nitrogen and oxygen atoms in total. The van der Waals surface area contributed by atoms with Gasteiger partial charge in [0, 0.05) is 43.2 Å². The first-order valence-electron chi connectivity index (χ1n) is 11.4. The van der Waals surface area contributed by atoms with Crippen molar-refractivity contribution in [3.63, 3.8) is 0 Å². The molecule has 0 fully saturated rings. The Morgan fingerprint density at radius 1 is 1.08 bits per heavy atom. The molecule has 0 radical (unpaired) electrons. The van der Waals surface area contributed by atoms with Crippen LogP contribution in [0.3, 0.4) is 0 Å². The number of nitrogens with two attached hydrogens (primary N) is 1. The molecule has 9 heteroatoms. The number of pyridine rings is 1. The molecule has 0 amide bonds. The average molecular weight is 488 g/mol. The van der Waals surface area contributed by atoms with Crippen molar-refractivity contribution in [1.29, 1.82) is 0 Å². The van der Waals surface area contributed by atoms with Crippen LogP contribution in [0.2, 0.25) is 0 Å². The fourth-order valence-electron chi connectivity index (χ4n) is 3.98. The number of Topliss-reactive ketones (excluding diaryl/α,β-unsaturated/α-hetero) is 1. The molecule has 0 aliphatic carbocycles. The number of aliphatic hydroxyl groups excluding tert-OH is 1. The van der Waals surface area contributed by atoms with Gasteiger partial charge in [-0.15, -0.1) is 0 Å². The van der Waals surface area contributed by atoms with E-state index >= 15 is 0 Å². The Hall–Kier alpha value is -4.37. The quantitative estimate of drug-likeness (QED) is 0.310. The molecule has 4 aromatic rings. The number of rotatable bonds is 9. The molecular formula is C27H26FN5O3. The van der Waals surface area contributed by atoms with Gasteiger partial charge in [0.2, 0.25) is 5.95 Å². The highest BCUT2D eigenvalue weighted by molar-refractivity contribution is 5.83. The van der Waals surface area contributed by atoms with Gasteiger partial charge in [0.25, 0.3) is 5.56 Å². The standard InChI is InChI=1S/C27H26FN5O3/c1-33-26(36)24(17-6-8-21(28)9-7-17)25(18-10-12-30-13-11-18)32-27(33)31-15-20(23(35)16-34)14-19-4-2-3-5-22(19)29/h2-13,20,34H,14-16,29H2,1H3,(H,31,32). The number of para-hydroxylation sites is 1. The lowest BCUT2D eigenvalue weighted by Gasteiger charge is -2.20. The molecule has 184 valence electrons. The van der Waals surface area contributed by atoms with Crippen LogP contribution in [0.5, 0.6) is 0 Å². The molecule has 1 unspecified atom stereocenters. The molecule has 0 aliphatic rings. The summed E-state index contributed by atoms with van der Waals surface area (Å²) in [6.45, 7) is -0.489. The third-order valence-corrected chi connectivity index (χ3v) is 6.02. The van der Waals surface area contributed by atoms with E-state index < -0.39 is 18.3 Å². The predicted molar refractivity (Wildman–Crippen MR) is 137 cm³/mol. The summed E-state index contributed by atoms with van der Waals surface area (Å²) in [5, 5.41) is 12.6. The SMILES string of the molecule is Cn1c(NCC(Cc2ccccc2N)C(=O)CO)nc(-c2ccncc2)c(-c2ccc(F)cc2)c1=O. The number of hydrogen-bond donors (Lipinski definition) is 3. The largest absolute Gasteiger partial charge is 0.399 e. The number of aliphatic hydroxyl groups is 1. The van der Waals surface area contributed by atoms with Gasteiger partial charge in [-0.2, -0.15) is 0 Å². The van der Waals surface area contributed by atoms with Crippen LogP contribution in [0.25, 0.3) is 22.4 Å². The van der Waals surface area contributed by atoms with Crippen molar-refractivity contribution in [3.8, 4) is 22.4 Å². The van der Waals surface area contributed by atoms with Crippen molar-refractivity contribution >= 4 is 17.4 Å². The number of nitrogens with zero attached hydrogens (tertiary/aromatic N) is 3. The van der Waals surface area contributed by atoms with E-state index in [2.05, 4.69) is 10.3 Å². The number of carbonyl (C=O) groups excluding carboxylic acids is 1. The van der Waals surface area contributed by atoms with Crippen LogP contribution in [0.4, 0.5) is 16.0 Å². The smallest absolute Gasteiger partial charge is 0.263 e. The molecule has 2 aromatic carbocycles. The van der Waals surface area contributed by atoms with Gasteiger partial charge in [0.05, 0.1) is 11.3 Å². The highest BCUT2D eigenvalue weighted by Gasteiger charge is 2.22. The number of aromatic nitrogens is 3. The van der Waals surface area contributed by atoms with Gasteiger partial charge in [-0.25, -0.2) is 9.37 Å². The first-order valence-corrected chi connectivity index (χ1v) is 11.4. The molecule has 2 heterocycles. The number of ketones is 1. The summed E-state index contributed by atoms with van der Waals surface area (Å²) in [7, 11) is 1.57. The first kappa shape index (κ1) is 24.7. The monoisotopic (exact) mass is 487 g/mol. The Balaban J connectivity index is 1.73. The Bertz CT molecular complexity index is 1420. The summed E-state index contributed by atoms with van der Waals surface area (Å²) in [5.74, 6) is -1.12. The minimum Gasteiger partial charge on any atom is -0.399 e.